The minimum atomic E-state index is 0.0821. The minimum Gasteiger partial charge on any atom is -0.493 e. The largest absolute Gasteiger partial charge is 0.493 e. The van der Waals surface area contributed by atoms with Crippen LogP contribution in [0.15, 0.2) is 18.2 Å². The van der Waals surface area contributed by atoms with Crippen LogP contribution in [0.5, 0.6) is 5.75 Å². The summed E-state index contributed by atoms with van der Waals surface area (Å²) in [5, 5.41) is 0. The highest BCUT2D eigenvalue weighted by Gasteiger charge is 2.10. The van der Waals surface area contributed by atoms with Gasteiger partial charge in [-0.15, -0.1) is 0 Å². The van der Waals surface area contributed by atoms with E-state index in [0.717, 1.165) is 24.3 Å². The van der Waals surface area contributed by atoms with Crippen molar-refractivity contribution in [3.8, 4) is 5.75 Å². The van der Waals surface area contributed by atoms with Crippen LogP contribution in [0.3, 0.4) is 0 Å². The first-order valence-corrected chi connectivity index (χ1v) is 6.78. The summed E-state index contributed by atoms with van der Waals surface area (Å²) in [5.74, 6) is 0.980. The highest BCUT2D eigenvalue weighted by atomic mass is 16.5. The van der Waals surface area contributed by atoms with E-state index in [0.29, 0.717) is 5.41 Å². The Morgan fingerprint density at radius 3 is 2.44 bits per heavy atom. The first kappa shape index (κ1) is 15.0. The zero-order valence-corrected chi connectivity index (χ0v) is 12.4. The van der Waals surface area contributed by atoms with Crippen LogP contribution in [0.25, 0.3) is 0 Å². The fourth-order valence-corrected chi connectivity index (χ4v) is 1.90. The highest BCUT2D eigenvalue weighted by molar-refractivity contribution is 5.37. The molecule has 0 heterocycles. The number of hydrogen-bond acceptors (Lipinski definition) is 2. The normalized spacial score (nSPS) is 13.4. The summed E-state index contributed by atoms with van der Waals surface area (Å²) in [7, 11) is 0. The molecule has 0 bridgehead atoms. The number of ether oxygens (including phenoxy) is 1. The van der Waals surface area contributed by atoms with Crippen LogP contribution in [0.2, 0.25) is 0 Å². The summed E-state index contributed by atoms with van der Waals surface area (Å²) in [5.41, 5.74) is 8.58. The van der Waals surface area contributed by atoms with Crippen LogP contribution in [-0.4, -0.2) is 6.61 Å². The molecule has 1 aromatic carbocycles. The molecule has 102 valence electrons. The average molecular weight is 249 g/mol. The summed E-state index contributed by atoms with van der Waals surface area (Å²) in [4.78, 5) is 0. The second kappa shape index (κ2) is 6.24. The molecule has 0 aliphatic heterocycles. The van der Waals surface area contributed by atoms with Crippen molar-refractivity contribution in [2.24, 2.45) is 11.1 Å². The lowest BCUT2D eigenvalue weighted by atomic mass is 9.91. The van der Waals surface area contributed by atoms with Crippen LogP contribution in [0.1, 0.15) is 57.7 Å². The standard InChI is InChI=1S/C16H27NO/c1-12-11-14(13(2)17)7-8-15(12)18-10-6-9-16(3,4)5/h7-8,11,13H,6,9-10,17H2,1-5H3/t13-/m0/s1. The van der Waals surface area contributed by atoms with E-state index in [1.165, 1.54) is 12.0 Å². The molecule has 0 radical (unpaired) electrons. The molecule has 0 fully saturated rings. The van der Waals surface area contributed by atoms with Gasteiger partial charge in [0.25, 0.3) is 0 Å². The molecule has 2 heteroatoms. The van der Waals surface area contributed by atoms with Gasteiger partial charge in [-0.3, -0.25) is 0 Å². The van der Waals surface area contributed by atoms with Gasteiger partial charge in [-0.05, 0) is 49.3 Å². The number of benzene rings is 1. The molecule has 0 saturated heterocycles. The van der Waals surface area contributed by atoms with E-state index < -0.39 is 0 Å². The van der Waals surface area contributed by atoms with Gasteiger partial charge in [0.05, 0.1) is 6.61 Å². The molecule has 0 amide bonds. The SMILES string of the molecule is Cc1cc([C@H](C)N)ccc1OCCCC(C)(C)C. The molecule has 0 aromatic heterocycles. The topological polar surface area (TPSA) is 35.2 Å². The maximum absolute atomic E-state index is 5.86. The van der Waals surface area contributed by atoms with E-state index in [1.54, 1.807) is 0 Å². The number of nitrogens with two attached hydrogens (primary N) is 1. The molecular formula is C16H27NO. The first-order valence-electron chi connectivity index (χ1n) is 6.78. The van der Waals surface area contributed by atoms with E-state index in [-0.39, 0.29) is 6.04 Å². The lowest BCUT2D eigenvalue weighted by Crippen LogP contribution is -2.09. The Balaban J connectivity index is 2.48. The van der Waals surface area contributed by atoms with Crippen molar-refractivity contribution >= 4 is 0 Å². The van der Waals surface area contributed by atoms with Gasteiger partial charge in [-0.25, -0.2) is 0 Å². The Labute approximate surface area is 112 Å². The lowest BCUT2D eigenvalue weighted by molar-refractivity contribution is 0.268. The van der Waals surface area contributed by atoms with Crippen LogP contribution in [-0.2, 0) is 0 Å². The Morgan fingerprint density at radius 2 is 1.94 bits per heavy atom. The first-order chi connectivity index (χ1) is 8.29. The van der Waals surface area contributed by atoms with Gasteiger partial charge in [0.15, 0.2) is 0 Å². The third kappa shape index (κ3) is 5.09. The van der Waals surface area contributed by atoms with E-state index in [4.69, 9.17) is 10.5 Å². The Morgan fingerprint density at radius 1 is 1.28 bits per heavy atom. The van der Waals surface area contributed by atoms with Crippen LogP contribution in [0, 0.1) is 12.3 Å². The predicted octanol–water partition coefficient (Wildman–Crippen LogP) is 4.22. The second-order valence-corrected chi connectivity index (χ2v) is 6.33. The summed E-state index contributed by atoms with van der Waals surface area (Å²) in [6.07, 6.45) is 2.28. The Kier molecular flexibility index (Phi) is 5.21. The van der Waals surface area contributed by atoms with Gasteiger partial charge < -0.3 is 10.5 Å². The van der Waals surface area contributed by atoms with E-state index in [2.05, 4.69) is 39.8 Å². The lowest BCUT2D eigenvalue weighted by Gasteiger charge is -2.18. The summed E-state index contributed by atoms with van der Waals surface area (Å²) < 4.78 is 5.83. The van der Waals surface area contributed by atoms with Crippen LogP contribution >= 0.6 is 0 Å². The van der Waals surface area contributed by atoms with E-state index in [9.17, 15) is 0 Å². The number of aryl methyl sites for hydroxylation is 1. The maximum Gasteiger partial charge on any atom is 0.122 e. The smallest absolute Gasteiger partial charge is 0.122 e. The molecular weight excluding hydrogens is 222 g/mol. The molecule has 0 spiro atoms. The van der Waals surface area contributed by atoms with Crippen molar-refractivity contribution in [1.82, 2.24) is 0 Å². The molecule has 1 atom stereocenters. The molecule has 0 aliphatic carbocycles. The molecule has 1 aromatic rings. The van der Waals surface area contributed by atoms with Crippen molar-refractivity contribution in [2.45, 2.75) is 53.5 Å². The molecule has 18 heavy (non-hydrogen) atoms. The molecule has 0 saturated carbocycles. The average Bonchev–Trinajstić information content (AvgIpc) is 2.24. The van der Waals surface area contributed by atoms with Gasteiger partial charge in [0, 0.05) is 6.04 Å². The van der Waals surface area contributed by atoms with E-state index >= 15 is 0 Å². The van der Waals surface area contributed by atoms with Crippen molar-refractivity contribution in [3.63, 3.8) is 0 Å². The van der Waals surface area contributed by atoms with Gasteiger partial charge in [0.2, 0.25) is 0 Å². The zero-order chi connectivity index (χ0) is 13.8. The summed E-state index contributed by atoms with van der Waals surface area (Å²) in [6.45, 7) is 11.6. The second-order valence-electron chi connectivity index (χ2n) is 6.33. The molecule has 2 nitrogen and oxygen atoms in total. The Hall–Kier alpha value is -1.02. The van der Waals surface area contributed by atoms with E-state index in [1.807, 2.05) is 13.0 Å². The molecule has 2 N–H and O–H groups in total. The van der Waals surface area contributed by atoms with Gasteiger partial charge >= 0.3 is 0 Å². The third-order valence-corrected chi connectivity index (χ3v) is 3.05. The molecule has 0 unspecified atom stereocenters. The third-order valence-electron chi connectivity index (χ3n) is 3.05. The van der Waals surface area contributed by atoms with Gasteiger partial charge in [0.1, 0.15) is 5.75 Å². The van der Waals surface area contributed by atoms with Gasteiger partial charge in [-0.2, -0.15) is 0 Å². The fraction of sp³-hybridized carbons (Fsp3) is 0.625. The number of rotatable bonds is 5. The van der Waals surface area contributed by atoms with Crippen molar-refractivity contribution in [1.29, 1.82) is 0 Å². The minimum absolute atomic E-state index is 0.0821. The monoisotopic (exact) mass is 249 g/mol. The quantitative estimate of drug-likeness (QED) is 0.793. The van der Waals surface area contributed by atoms with Crippen molar-refractivity contribution in [2.75, 3.05) is 6.61 Å². The highest BCUT2D eigenvalue weighted by Crippen LogP contribution is 2.24. The zero-order valence-electron chi connectivity index (χ0n) is 12.4. The van der Waals surface area contributed by atoms with Gasteiger partial charge in [-0.1, -0.05) is 32.9 Å². The predicted molar refractivity (Wildman–Crippen MR) is 78.0 cm³/mol. The molecule has 1 rings (SSSR count). The van der Waals surface area contributed by atoms with Crippen LogP contribution in [0.4, 0.5) is 0 Å². The number of hydrogen-bond donors (Lipinski definition) is 1. The van der Waals surface area contributed by atoms with Crippen LogP contribution < -0.4 is 10.5 Å². The van der Waals surface area contributed by atoms with Crippen molar-refractivity contribution in [3.05, 3.63) is 29.3 Å². The van der Waals surface area contributed by atoms with Crippen molar-refractivity contribution < 1.29 is 4.74 Å². The Bertz CT molecular complexity index is 377. The fourth-order valence-electron chi connectivity index (χ4n) is 1.90. The maximum atomic E-state index is 5.86. The molecule has 0 aliphatic rings. The summed E-state index contributed by atoms with van der Waals surface area (Å²) in [6, 6.07) is 6.28. The summed E-state index contributed by atoms with van der Waals surface area (Å²) >= 11 is 0.